The molecule has 5 nitrogen and oxygen atoms in total. The standard InChI is InChI=1S/C11H18N2O3/c1-7(2)8(3)6-15-11(14)12-10-5-9(4)16-13-10/h5,7-8H,6H2,1-4H3,(H,12,13,14). The lowest BCUT2D eigenvalue weighted by atomic mass is 10.00. The van der Waals surface area contributed by atoms with Crippen molar-refractivity contribution in [3.8, 4) is 0 Å². The maximum absolute atomic E-state index is 11.3. The minimum absolute atomic E-state index is 0.338. The van der Waals surface area contributed by atoms with Gasteiger partial charge in [0.1, 0.15) is 5.76 Å². The van der Waals surface area contributed by atoms with E-state index >= 15 is 0 Å². The van der Waals surface area contributed by atoms with E-state index in [9.17, 15) is 4.79 Å². The maximum Gasteiger partial charge on any atom is 0.412 e. The van der Waals surface area contributed by atoms with Gasteiger partial charge in [0, 0.05) is 6.07 Å². The average Bonchev–Trinajstić information content (AvgIpc) is 2.60. The van der Waals surface area contributed by atoms with Crippen molar-refractivity contribution < 1.29 is 14.1 Å². The normalized spacial score (nSPS) is 12.6. The third-order valence-corrected chi connectivity index (χ3v) is 2.47. The topological polar surface area (TPSA) is 64.4 Å². The van der Waals surface area contributed by atoms with Gasteiger partial charge >= 0.3 is 6.09 Å². The van der Waals surface area contributed by atoms with Crippen LogP contribution in [-0.2, 0) is 4.74 Å². The van der Waals surface area contributed by atoms with Crippen LogP contribution in [0.2, 0.25) is 0 Å². The first-order valence-electron chi connectivity index (χ1n) is 5.36. The molecule has 0 aliphatic rings. The number of rotatable bonds is 4. The van der Waals surface area contributed by atoms with Gasteiger partial charge < -0.3 is 9.26 Å². The van der Waals surface area contributed by atoms with Crippen LogP contribution in [0.4, 0.5) is 10.6 Å². The van der Waals surface area contributed by atoms with E-state index in [4.69, 9.17) is 9.26 Å². The van der Waals surface area contributed by atoms with Gasteiger partial charge in [-0.25, -0.2) is 4.79 Å². The molecule has 1 aromatic rings. The Hall–Kier alpha value is -1.52. The molecule has 1 unspecified atom stereocenters. The van der Waals surface area contributed by atoms with Crippen LogP contribution in [0.15, 0.2) is 10.6 Å². The first-order chi connectivity index (χ1) is 7.49. The van der Waals surface area contributed by atoms with E-state index in [1.54, 1.807) is 13.0 Å². The molecule has 0 bridgehead atoms. The van der Waals surface area contributed by atoms with E-state index < -0.39 is 6.09 Å². The molecule has 1 heterocycles. The van der Waals surface area contributed by atoms with Crippen LogP contribution in [-0.4, -0.2) is 17.9 Å². The Morgan fingerprint density at radius 3 is 2.75 bits per heavy atom. The van der Waals surface area contributed by atoms with E-state index in [1.807, 2.05) is 6.92 Å². The summed E-state index contributed by atoms with van der Waals surface area (Å²) < 4.78 is 9.86. The van der Waals surface area contributed by atoms with Gasteiger partial charge in [0.2, 0.25) is 0 Å². The van der Waals surface area contributed by atoms with Crippen LogP contribution in [0.1, 0.15) is 26.5 Å². The Morgan fingerprint density at radius 1 is 1.56 bits per heavy atom. The third kappa shape index (κ3) is 3.92. The molecule has 1 N–H and O–H groups in total. The van der Waals surface area contributed by atoms with Gasteiger partial charge in [-0.1, -0.05) is 25.9 Å². The van der Waals surface area contributed by atoms with Crippen molar-refractivity contribution in [1.82, 2.24) is 5.16 Å². The summed E-state index contributed by atoms with van der Waals surface area (Å²) in [4.78, 5) is 11.3. The summed E-state index contributed by atoms with van der Waals surface area (Å²) >= 11 is 0. The van der Waals surface area contributed by atoms with Gasteiger partial charge in [0.15, 0.2) is 5.82 Å². The Balaban J connectivity index is 2.31. The number of carbonyl (C=O) groups excluding carboxylic acids is 1. The molecule has 1 aromatic heterocycles. The van der Waals surface area contributed by atoms with Crippen LogP contribution in [0.25, 0.3) is 0 Å². The summed E-state index contributed by atoms with van der Waals surface area (Å²) in [7, 11) is 0. The number of carbonyl (C=O) groups is 1. The number of hydrogen-bond acceptors (Lipinski definition) is 4. The van der Waals surface area contributed by atoms with Crippen LogP contribution < -0.4 is 5.32 Å². The second-order valence-corrected chi connectivity index (χ2v) is 4.27. The predicted octanol–water partition coefficient (Wildman–Crippen LogP) is 2.82. The van der Waals surface area contributed by atoms with Crippen molar-refractivity contribution in [3.63, 3.8) is 0 Å². The number of amides is 1. The fraction of sp³-hybridized carbons (Fsp3) is 0.636. The van der Waals surface area contributed by atoms with Crippen molar-refractivity contribution in [2.75, 3.05) is 11.9 Å². The van der Waals surface area contributed by atoms with Gasteiger partial charge in [-0.3, -0.25) is 5.32 Å². The second kappa shape index (κ2) is 5.53. The molecule has 0 spiro atoms. The highest BCUT2D eigenvalue weighted by Crippen LogP contribution is 2.11. The molecule has 0 aliphatic carbocycles. The van der Waals surface area contributed by atoms with Crippen LogP contribution in [0.5, 0.6) is 0 Å². The molecule has 0 saturated carbocycles. The Kier molecular flexibility index (Phi) is 4.34. The molecule has 16 heavy (non-hydrogen) atoms. The SMILES string of the molecule is Cc1cc(NC(=O)OCC(C)C(C)C)no1. The van der Waals surface area contributed by atoms with Crippen molar-refractivity contribution in [2.24, 2.45) is 11.8 Å². The highest BCUT2D eigenvalue weighted by atomic mass is 16.5. The van der Waals surface area contributed by atoms with E-state index in [-0.39, 0.29) is 0 Å². The Labute approximate surface area is 95.1 Å². The highest BCUT2D eigenvalue weighted by molar-refractivity contribution is 5.83. The second-order valence-electron chi connectivity index (χ2n) is 4.27. The molecule has 90 valence electrons. The summed E-state index contributed by atoms with van der Waals surface area (Å²) in [5, 5.41) is 6.12. The number of hydrogen-bond donors (Lipinski definition) is 1. The quantitative estimate of drug-likeness (QED) is 0.857. The Bertz CT molecular complexity index is 347. The van der Waals surface area contributed by atoms with Gasteiger partial charge in [-0.15, -0.1) is 0 Å². The molecule has 0 fully saturated rings. The molecular weight excluding hydrogens is 208 g/mol. The number of ether oxygens (including phenoxy) is 1. The number of aromatic nitrogens is 1. The minimum Gasteiger partial charge on any atom is -0.449 e. The van der Waals surface area contributed by atoms with Crippen LogP contribution in [0, 0.1) is 18.8 Å². The fourth-order valence-electron chi connectivity index (χ4n) is 0.966. The monoisotopic (exact) mass is 226 g/mol. The van der Waals surface area contributed by atoms with E-state index in [1.165, 1.54) is 0 Å². The zero-order chi connectivity index (χ0) is 12.1. The van der Waals surface area contributed by atoms with E-state index in [0.717, 1.165) is 0 Å². The van der Waals surface area contributed by atoms with E-state index in [0.29, 0.717) is 30.0 Å². The molecule has 1 rings (SSSR count). The van der Waals surface area contributed by atoms with Crippen LogP contribution in [0.3, 0.4) is 0 Å². The van der Waals surface area contributed by atoms with Crippen molar-refractivity contribution in [3.05, 3.63) is 11.8 Å². The first kappa shape index (κ1) is 12.5. The maximum atomic E-state index is 11.3. The molecule has 5 heteroatoms. The zero-order valence-electron chi connectivity index (χ0n) is 10.1. The summed E-state index contributed by atoms with van der Waals surface area (Å²) in [5.74, 6) is 1.84. The molecule has 1 atom stereocenters. The Morgan fingerprint density at radius 2 is 2.25 bits per heavy atom. The molecule has 1 amide bonds. The predicted molar refractivity (Wildman–Crippen MR) is 60.2 cm³/mol. The van der Waals surface area contributed by atoms with Crippen LogP contribution >= 0.6 is 0 Å². The zero-order valence-corrected chi connectivity index (χ0v) is 10.1. The summed E-state index contributed by atoms with van der Waals surface area (Å²) in [5.41, 5.74) is 0. The van der Waals surface area contributed by atoms with Gasteiger partial charge in [0.25, 0.3) is 0 Å². The van der Waals surface area contributed by atoms with Gasteiger partial charge in [0.05, 0.1) is 6.61 Å². The van der Waals surface area contributed by atoms with Crippen molar-refractivity contribution >= 4 is 11.9 Å². The lowest BCUT2D eigenvalue weighted by Gasteiger charge is -2.14. The molecule has 0 aliphatic heterocycles. The number of aryl methyl sites for hydroxylation is 1. The number of nitrogens with zero attached hydrogens (tertiary/aromatic N) is 1. The van der Waals surface area contributed by atoms with Gasteiger partial charge in [-0.05, 0) is 18.8 Å². The molecular formula is C11H18N2O3. The molecule has 0 saturated heterocycles. The first-order valence-corrected chi connectivity index (χ1v) is 5.36. The lowest BCUT2D eigenvalue weighted by molar-refractivity contribution is 0.132. The lowest BCUT2D eigenvalue weighted by Crippen LogP contribution is -2.20. The molecule has 0 aromatic carbocycles. The molecule has 0 radical (unpaired) electrons. The van der Waals surface area contributed by atoms with Crippen molar-refractivity contribution in [2.45, 2.75) is 27.7 Å². The largest absolute Gasteiger partial charge is 0.449 e. The number of anilines is 1. The van der Waals surface area contributed by atoms with Crippen molar-refractivity contribution in [1.29, 1.82) is 0 Å². The third-order valence-electron chi connectivity index (χ3n) is 2.47. The summed E-state index contributed by atoms with van der Waals surface area (Å²) in [6.45, 7) is 8.38. The average molecular weight is 226 g/mol. The number of nitrogens with one attached hydrogen (secondary N) is 1. The highest BCUT2D eigenvalue weighted by Gasteiger charge is 2.11. The smallest absolute Gasteiger partial charge is 0.412 e. The summed E-state index contributed by atoms with van der Waals surface area (Å²) in [6, 6.07) is 1.63. The minimum atomic E-state index is -0.499. The van der Waals surface area contributed by atoms with E-state index in [2.05, 4.69) is 24.3 Å². The summed E-state index contributed by atoms with van der Waals surface area (Å²) in [6.07, 6.45) is -0.499. The van der Waals surface area contributed by atoms with Gasteiger partial charge in [-0.2, -0.15) is 0 Å². The fourth-order valence-corrected chi connectivity index (χ4v) is 0.966.